The van der Waals surface area contributed by atoms with Crippen LogP contribution >= 0.6 is 0 Å². The molecule has 0 saturated heterocycles. The number of alkyl halides is 3. The van der Waals surface area contributed by atoms with E-state index in [-0.39, 0.29) is 12.4 Å². The first-order valence-corrected chi connectivity index (χ1v) is 8.00. The fraction of sp³-hybridized carbons (Fsp3) is 0.316. The molecule has 0 fully saturated rings. The minimum atomic E-state index is -4.44. The molecule has 4 nitrogen and oxygen atoms in total. The quantitative estimate of drug-likeness (QED) is 0.776. The maximum absolute atomic E-state index is 12.7. The van der Waals surface area contributed by atoms with E-state index >= 15 is 0 Å². The maximum Gasteiger partial charge on any atom is 0.416 e. The van der Waals surface area contributed by atoms with E-state index in [0.29, 0.717) is 5.69 Å². The molecule has 0 radical (unpaired) electrons. The third-order valence-electron chi connectivity index (χ3n) is 3.80. The minimum Gasteiger partial charge on any atom is -0.490 e. The molecule has 0 aliphatic carbocycles. The Morgan fingerprint density at radius 1 is 1.15 bits per heavy atom. The predicted molar refractivity (Wildman–Crippen MR) is 92.4 cm³/mol. The standard InChI is InChI=1S/C19H20F3NO3/c1-12-6-4-9-17(14(12)3)23-18(24)26-13(2)11-25-16-8-5-7-15(10-16)19(20,21)22/h4-10,13H,11H2,1-3H3,(H,23,24). The lowest BCUT2D eigenvalue weighted by Crippen LogP contribution is -2.25. The molecule has 1 N–H and O–H groups in total. The van der Waals surface area contributed by atoms with Crippen molar-refractivity contribution in [1.29, 1.82) is 0 Å². The molecule has 0 bridgehead atoms. The highest BCUT2D eigenvalue weighted by Gasteiger charge is 2.30. The zero-order chi connectivity index (χ0) is 19.3. The largest absolute Gasteiger partial charge is 0.490 e. The molecule has 26 heavy (non-hydrogen) atoms. The van der Waals surface area contributed by atoms with Crippen LogP contribution in [0.15, 0.2) is 42.5 Å². The molecule has 140 valence electrons. The molecular formula is C19H20F3NO3. The molecule has 2 rings (SSSR count). The first-order valence-electron chi connectivity index (χ1n) is 8.00. The number of anilines is 1. The van der Waals surface area contributed by atoms with Crippen LogP contribution < -0.4 is 10.1 Å². The summed E-state index contributed by atoms with van der Waals surface area (Å²) in [6.45, 7) is 5.33. The normalized spacial score (nSPS) is 12.4. The van der Waals surface area contributed by atoms with Gasteiger partial charge in [-0.05, 0) is 56.2 Å². The number of benzene rings is 2. The number of hydrogen-bond donors (Lipinski definition) is 1. The molecule has 0 heterocycles. The van der Waals surface area contributed by atoms with E-state index < -0.39 is 23.9 Å². The van der Waals surface area contributed by atoms with Gasteiger partial charge < -0.3 is 9.47 Å². The molecule has 0 aliphatic rings. The molecule has 2 aromatic rings. The van der Waals surface area contributed by atoms with Crippen molar-refractivity contribution in [2.45, 2.75) is 33.1 Å². The van der Waals surface area contributed by atoms with Crippen LogP contribution in [0.5, 0.6) is 5.75 Å². The van der Waals surface area contributed by atoms with Crippen LogP contribution in [-0.2, 0) is 10.9 Å². The summed E-state index contributed by atoms with van der Waals surface area (Å²) in [6.07, 6.45) is -5.74. The van der Waals surface area contributed by atoms with Gasteiger partial charge in [0, 0.05) is 5.69 Å². The number of halogens is 3. The molecule has 0 aromatic heterocycles. The van der Waals surface area contributed by atoms with Crippen LogP contribution in [0.4, 0.5) is 23.7 Å². The Hall–Kier alpha value is -2.70. The van der Waals surface area contributed by atoms with Crippen molar-refractivity contribution in [2.75, 3.05) is 11.9 Å². The smallest absolute Gasteiger partial charge is 0.416 e. The van der Waals surface area contributed by atoms with E-state index in [1.165, 1.54) is 12.1 Å². The molecule has 0 spiro atoms. The fourth-order valence-electron chi connectivity index (χ4n) is 2.22. The fourth-order valence-corrected chi connectivity index (χ4v) is 2.22. The van der Waals surface area contributed by atoms with Crippen LogP contribution in [0, 0.1) is 13.8 Å². The number of ether oxygens (including phenoxy) is 2. The van der Waals surface area contributed by atoms with E-state index in [1.807, 2.05) is 26.0 Å². The number of carbonyl (C=O) groups is 1. The number of amides is 1. The first-order chi connectivity index (χ1) is 12.2. The van der Waals surface area contributed by atoms with Crippen molar-refractivity contribution in [2.24, 2.45) is 0 Å². The summed E-state index contributed by atoms with van der Waals surface area (Å²) in [4.78, 5) is 11.9. The monoisotopic (exact) mass is 367 g/mol. The Balaban J connectivity index is 1.88. The molecule has 0 aliphatic heterocycles. The Bertz CT molecular complexity index is 775. The van der Waals surface area contributed by atoms with Crippen molar-refractivity contribution < 1.29 is 27.4 Å². The van der Waals surface area contributed by atoms with E-state index in [0.717, 1.165) is 23.3 Å². The van der Waals surface area contributed by atoms with E-state index in [1.54, 1.807) is 13.0 Å². The second kappa shape index (κ2) is 8.12. The molecule has 2 aromatic carbocycles. The predicted octanol–water partition coefficient (Wildman–Crippen LogP) is 5.34. The highest BCUT2D eigenvalue weighted by Crippen LogP contribution is 2.31. The second-order valence-corrected chi connectivity index (χ2v) is 5.92. The summed E-state index contributed by atoms with van der Waals surface area (Å²) < 4.78 is 48.5. The summed E-state index contributed by atoms with van der Waals surface area (Å²) >= 11 is 0. The van der Waals surface area contributed by atoms with Gasteiger partial charge >= 0.3 is 12.3 Å². The van der Waals surface area contributed by atoms with Crippen molar-refractivity contribution in [3.05, 3.63) is 59.2 Å². The molecule has 0 saturated carbocycles. The number of hydrogen-bond acceptors (Lipinski definition) is 3. The highest BCUT2D eigenvalue weighted by molar-refractivity contribution is 5.86. The number of carbonyl (C=O) groups excluding carboxylic acids is 1. The van der Waals surface area contributed by atoms with Gasteiger partial charge in [0.15, 0.2) is 0 Å². The minimum absolute atomic E-state index is 0.0604. The molecular weight excluding hydrogens is 347 g/mol. The second-order valence-electron chi connectivity index (χ2n) is 5.92. The van der Waals surface area contributed by atoms with Gasteiger partial charge in [-0.15, -0.1) is 0 Å². The molecule has 1 atom stereocenters. The van der Waals surface area contributed by atoms with Crippen molar-refractivity contribution in [1.82, 2.24) is 0 Å². The summed E-state index contributed by atoms with van der Waals surface area (Å²) in [5.74, 6) is 0.0604. The van der Waals surface area contributed by atoms with Gasteiger partial charge in [-0.3, -0.25) is 5.32 Å². The van der Waals surface area contributed by atoms with Crippen LogP contribution in [0.25, 0.3) is 0 Å². The SMILES string of the molecule is Cc1cccc(NC(=O)OC(C)COc2cccc(C(F)(F)F)c2)c1C. The van der Waals surface area contributed by atoms with Gasteiger partial charge in [0.25, 0.3) is 0 Å². The topological polar surface area (TPSA) is 47.6 Å². The molecule has 1 amide bonds. The Kier molecular flexibility index (Phi) is 6.13. The number of aryl methyl sites for hydroxylation is 1. The lowest BCUT2D eigenvalue weighted by atomic mass is 10.1. The lowest BCUT2D eigenvalue weighted by molar-refractivity contribution is -0.137. The third-order valence-corrected chi connectivity index (χ3v) is 3.80. The lowest BCUT2D eigenvalue weighted by Gasteiger charge is -2.16. The summed E-state index contributed by atoms with van der Waals surface area (Å²) in [7, 11) is 0. The maximum atomic E-state index is 12.7. The van der Waals surface area contributed by atoms with Crippen LogP contribution in [0.2, 0.25) is 0 Å². The number of nitrogens with one attached hydrogen (secondary N) is 1. The van der Waals surface area contributed by atoms with E-state index in [4.69, 9.17) is 9.47 Å². The Labute approximate surface area is 149 Å². The van der Waals surface area contributed by atoms with Crippen LogP contribution in [0.1, 0.15) is 23.6 Å². The van der Waals surface area contributed by atoms with E-state index in [2.05, 4.69) is 5.32 Å². The molecule has 1 unspecified atom stereocenters. The van der Waals surface area contributed by atoms with Gasteiger partial charge in [-0.1, -0.05) is 18.2 Å². The van der Waals surface area contributed by atoms with Gasteiger partial charge in [0.05, 0.1) is 5.56 Å². The summed E-state index contributed by atoms with van der Waals surface area (Å²) in [6, 6.07) is 10.0. The zero-order valence-electron chi connectivity index (χ0n) is 14.7. The van der Waals surface area contributed by atoms with Crippen molar-refractivity contribution in [3.8, 4) is 5.75 Å². The average Bonchev–Trinajstić information content (AvgIpc) is 2.56. The van der Waals surface area contributed by atoms with Gasteiger partial charge in [-0.25, -0.2) is 4.79 Å². The Morgan fingerprint density at radius 2 is 1.85 bits per heavy atom. The van der Waals surface area contributed by atoms with Gasteiger partial charge in [0.1, 0.15) is 18.5 Å². The summed E-state index contributed by atoms with van der Waals surface area (Å²) in [5.41, 5.74) is 1.80. The number of rotatable bonds is 5. The van der Waals surface area contributed by atoms with Crippen molar-refractivity contribution in [3.63, 3.8) is 0 Å². The van der Waals surface area contributed by atoms with Crippen LogP contribution in [0.3, 0.4) is 0 Å². The third kappa shape index (κ3) is 5.40. The highest BCUT2D eigenvalue weighted by atomic mass is 19.4. The first kappa shape index (κ1) is 19.6. The van der Waals surface area contributed by atoms with Crippen LogP contribution in [-0.4, -0.2) is 18.8 Å². The van der Waals surface area contributed by atoms with Crippen molar-refractivity contribution >= 4 is 11.8 Å². The molecule has 7 heteroatoms. The van der Waals surface area contributed by atoms with E-state index in [9.17, 15) is 18.0 Å². The van der Waals surface area contributed by atoms with Gasteiger partial charge in [-0.2, -0.15) is 13.2 Å². The van der Waals surface area contributed by atoms with Gasteiger partial charge in [0.2, 0.25) is 0 Å². The zero-order valence-corrected chi connectivity index (χ0v) is 14.7. The Morgan fingerprint density at radius 3 is 2.54 bits per heavy atom. The summed E-state index contributed by atoms with van der Waals surface area (Å²) in [5, 5.41) is 2.64. The average molecular weight is 367 g/mol.